The quantitative estimate of drug-likeness (QED) is 0.305. The Hall–Kier alpha value is -3.17. The number of nitrogens with zero attached hydrogens (tertiary/aromatic N) is 2. The van der Waals surface area contributed by atoms with Crippen LogP contribution < -0.4 is 9.62 Å². The predicted octanol–water partition coefficient (Wildman–Crippen LogP) is 5.59. The van der Waals surface area contributed by atoms with E-state index in [4.69, 9.17) is 0 Å². The Balaban J connectivity index is 2.06. The van der Waals surface area contributed by atoms with Crippen LogP contribution in [-0.4, -0.2) is 43.8 Å². The summed E-state index contributed by atoms with van der Waals surface area (Å²) in [6.07, 6.45) is 0.373. The van der Waals surface area contributed by atoms with Crippen LogP contribution in [0.4, 0.5) is 5.69 Å². The Bertz CT molecular complexity index is 1390. The monoisotopic (exact) mass is 613 g/mol. The predicted molar refractivity (Wildman–Crippen MR) is 159 cm³/mol. The zero-order valence-electron chi connectivity index (χ0n) is 23.0. The summed E-state index contributed by atoms with van der Waals surface area (Å²) in [5.74, 6) is -0.750. The molecule has 1 atom stereocenters. The highest BCUT2D eigenvalue weighted by Crippen LogP contribution is 2.27. The van der Waals surface area contributed by atoms with Gasteiger partial charge in [0.25, 0.3) is 10.0 Å². The van der Waals surface area contributed by atoms with E-state index in [1.807, 2.05) is 58.9 Å². The Morgan fingerprint density at radius 2 is 1.51 bits per heavy atom. The Labute approximate surface area is 240 Å². The SMILES string of the molecule is CC[C@H](C(=O)NC(C)C)N(Cc1ccc(C)cc1)C(=O)CN(c1cccc(Br)c1)S(=O)(=O)c1ccc(C)cc1. The molecule has 9 heteroatoms. The van der Waals surface area contributed by atoms with Gasteiger partial charge >= 0.3 is 0 Å². The molecule has 0 saturated heterocycles. The summed E-state index contributed by atoms with van der Waals surface area (Å²) in [5.41, 5.74) is 3.19. The van der Waals surface area contributed by atoms with E-state index >= 15 is 0 Å². The molecule has 0 spiro atoms. The van der Waals surface area contributed by atoms with Crippen molar-refractivity contribution in [3.63, 3.8) is 0 Å². The van der Waals surface area contributed by atoms with Gasteiger partial charge < -0.3 is 10.2 Å². The van der Waals surface area contributed by atoms with Crippen LogP contribution in [0.3, 0.4) is 0 Å². The molecule has 0 heterocycles. The number of amides is 2. The topological polar surface area (TPSA) is 86.8 Å². The van der Waals surface area contributed by atoms with Gasteiger partial charge in [0.15, 0.2) is 0 Å². The van der Waals surface area contributed by atoms with E-state index in [0.29, 0.717) is 16.6 Å². The number of benzene rings is 3. The lowest BCUT2D eigenvalue weighted by Crippen LogP contribution is -2.53. The summed E-state index contributed by atoms with van der Waals surface area (Å²) in [4.78, 5) is 28.8. The maximum absolute atomic E-state index is 14.0. The summed E-state index contributed by atoms with van der Waals surface area (Å²) >= 11 is 3.41. The van der Waals surface area contributed by atoms with Crippen molar-refractivity contribution in [1.82, 2.24) is 10.2 Å². The molecule has 0 saturated carbocycles. The standard InChI is InChI=1S/C30H36BrN3O4S/c1-6-28(30(36)32-21(2)3)33(19-24-14-10-22(4)11-15-24)29(35)20-34(26-9-7-8-25(31)18-26)39(37,38)27-16-12-23(5)13-17-27/h7-18,21,28H,6,19-20H2,1-5H3,(H,32,36)/t28-/m1/s1. The number of anilines is 1. The van der Waals surface area contributed by atoms with Gasteiger partial charge in [-0.15, -0.1) is 0 Å². The molecule has 208 valence electrons. The highest BCUT2D eigenvalue weighted by molar-refractivity contribution is 9.10. The van der Waals surface area contributed by atoms with E-state index < -0.39 is 28.5 Å². The van der Waals surface area contributed by atoms with Crippen LogP contribution in [0, 0.1) is 13.8 Å². The third-order valence-corrected chi connectivity index (χ3v) is 8.56. The first kappa shape index (κ1) is 30.4. The maximum Gasteiger partial charge on any atom is 0.264 e. The van der Waals surface area contributed by atoms with Crippen LogP contribution in [-0.2, 0) is 26.2 Å². The van der Waals surface area contributed by atoms with E-state index in [2.05, 4.69) is 21.2 Å². The van der Waals surface area contributed by atoms with Crippen LogP contribution in [0.1, 0.15) is 43.9 Å². The number of nitrogens with one attached hydrogen (secondary N) is 1. The van der Waals surface area contributed by atoms with Crippen molar-refractivity contribution in [2.45, 2.75) is 64.6 Å². The fraction of sp³-hybridized carbons (Fsp3) is 0.333. The molecular weight excluding hydrogens is 578 g/mol. The van der Waals surface area contributed by atoms with Gasteiger partial charge in [0.05, 0.1) is 10.6 Å². The number of hydrogen-bond donors (Lipinski definition) is 1. The van der Waals surface area contributed by atoms with Crippen molar-refractivity contribution in [2.24, 2.45) is 0 Å². The van der Waals surface area contributed by atoms with Gasteiger partial charge in [-0.2, -0.15) is 0 Å². The summed E-state index contributed by atoms with van der Waals surface area (Å²) in [5, 5.41) is 2.91. The van der Waals surface area contributed by atoms with Crippen LogP contribution in [0.2, 0.25) is 0 Å². The Morgan fingerprint density at radius 3 is 2.05 bits per heavy atom. The molecule has 0 fully saturated rings. The van der Waals surface area contributed by atoms with Crippen LogP contribution in [0.15, 0.2) is 82.2 Å². The van der Waals surface area contributed by atoms with Crippen molar-refractivity contribution in [1.29, 1.82) is 0 Å². The van der Waals surface area contributed by atoms with Crippen LogP contribution in [0.5, 0.6) is 0 Å². The molecule has 0 aliphatic rings. The molecule has 0 aromatic heterocycles. The lowest BCUT2D eigenvalue weighted by Gasteiger charge is -2.33. The third kappa shape index (κ3) is 7.92. The molecule has 0 unspecified atom stereocenters. The molecule has 3 aromatic carbocycles. The number of carbonyl (C=O) groups is 2. The number of aryl methyl sites for hydroxylation is 2. The minimum atomic E-state index is -4.10. The Kier molecular flexibility index (Phi) is 10.3. The molecule has 3 rings (SSSR count). The van der Waals surface area contributed by atoms with Gasteiger partial charge in [0, 0.05) is 17.1 Å². The first-order chi connectivity index (χ1) is 18.4. The van der Waals surface area contributed by atoms with E-state index in [1.54, 1.807) is 36.4 Å². The average Bonchev–Trinajstić information content (AvgIpc) is 2.88. The summed E-state index contributed by atoms with van der Waals surface area (Å²) in [6, 6.07) is 20.2. The van der Waals surface area contributed by atoms with Crippen molar-refractivity contribution in [2.75, 3.05) is 10.8 Å². The number of carbonyl (C=O) groups excluding carboxylic acids is 2. The molecular formula is C30H36BrN3O4S. The zero-order valence-corrected chi connectivity index (χ0v) is 25.4. The van der Waals surface area contributed by atoms with Crippen molar-refractivity contribution in [3.8, 4) is 0 Å². The van der Waals surface area contributed by atoms with E-state index in [1.165, 1.54) is 17.0 Å². The second kappa shape index (κ2) is 13.3. The summed E-state index contributed by atoms with van der Waals surface area (Å²) in [6.45, 7) is 9.12. The summed E-state index contributed by atoms with van der Waals surface area (Å²) in [7, 11) is -4.10. The maximum atomic E-state index is 14.0. The van der Waals surface area contributed by atoms with Crippen molar-refractivity contribution in [3.05, 3.63) is 94.0 Å². The normalized spacial score (nSPS) is 12.2. The van der Waals surface area contributed by atoms with Crippen LogP contribution >= 0.6 is 15.9 Å². The van der Waals surface area contributed by atoms with Gasteiger partial charge in [0.2, 0.25) is 11.8 Å². The van der Waals surface area contributed by atoms with Crippen molar-refractivity contribution < 1.29 is 18.0 Å². The van der Waals surface area contributed by atoms with E-state index in [9.17, 15) is 18.0 Å². The molecule has 39 heavy (non-hydrogen) atoms. The molecule has 0 aliphatic heterocycles. The van der Waals surface area contributed by atoms with Gasteiger partial charge in [-0.25, -0.2) is 8.42 Å². The minimum absolute atomic E-state index is 0.0792. The van der Waals surface area contributed by atoms with Gasteiger partial charge in [-0.3, -0.25) is 13.9 Å². The van der Waals surface area contributed by atoms with Gasteiger partial charge in [-0.05, 0) is 70.0 Å². The zero-order chi connectivity index (χ0) is 28.7. The number of halogens is 1. The van der Waals surface area contributed by atoms with E-state index in [-0.39, 0.29) is 23.4 Å². The lowest BCUT2D eigenvalue weighted by molar-refractivity contribution is -0.140. The molecule has 0 radical (unpaired) electrons. The molecule has 1 N–H and O–H groups in total. The number of hydrogen-bond acceptors (Lipinski definition) is 4. The fourth-order valence-corrected chi connectivity index (χ4v) is 5.98. The highest BCUT2D eigenvalue weighted by Gasteiger charge is 2.33. The van der Waals surface area contributed by atoms with E-state index in [0.717, 1.165) is 21.0 Å². The van der Waals surface area contributed by atoms with Gasteiger partial charge in [-0.1, -0.05) is 76.4 Å². The first-order valence-corrected chi connectivity index (χ1v) is 15.2. The second-order valence-corrected chi connectivity index (χ2v) is 12.7. The lowest BCUT2D eigenvalue weighted by atomic mass is 10.1. The third-order valence-electron chi connectivity index (χ3n) is 6.27. The molecule has 7 nitrogen and oxygen atoms in total. The molecule has 0 aliphatic carbocycles. The molecule has 2 amide bonds. The van der Waals surface area contributed by atoms with Crippen LogP contribution in [0.25, 0.3) is 0 Å². The largest absolute Gasteiger partial charge is 0.352 e. The second-order valence-electron chi connectivity index (χ2n) is 9.90. The first-order valence-electron chi connectivity index (χ1n) is 12.9. The van der Waals surface area contributed by atoms with Gasteiger partial charge in [0.1, 0.15) is 12.6 Å². The Morgan fingerprint density at radius 1 is 0.923 bits per heavy atom. The molecule has 0 bridgehead atoms. The highest BCUT2D eigenvalue weighted by atomic mass is 79.9. The number of sulfonamides is 1. The van der Waals surface area contributed by atoms with Crippen molar-refractivity contribution >= 4 is 43.5 Å². The molecule has 3 aromatic rings. The fourth-order valence-electron chi connectivity index (χ4n) is 4.19. The minimum Gasteiger partial charge on any atom is -0.352 e. The average molecular weight is 615 g/mol. The summed E-state index contributed by atoms with van der Waals surface area (Å²) < 4.78 is 29.6. The smallest absolute Gasteiger partial charge is 0.264 e. The number of rotatable bonds is 11.